The molecule has 1 fully saturated rings. The molecule has 0 bridgehead atoms. The molecule has 1 aromatic heterocycles. The predicted molar refractivity (Wildman–Crippen MR) is 129 cm³/mol. The Morgan fingerprint density at radius 3 is 2.48 bits per heavy atom. The first-order valence-corrected chi connectivity index (χ1v) is 12.2. The molecular weight excluding hydrogens is 412 g/mol. The lowest BCUT2D eigenvalue weighted by Crippen LogP contribution is -2.51. The van der Waals surface area contributed by atoms with Gasteiger partial charge in [0.15, 0.2) is 0 Å². The van der Waals surface area contributed by atoms with E-state index in [9.17, 15) is 9.59 Å². The van der Waals surface area contributed by atoms with Crippen LogP contribution in [0.5, 0.6) is 0 Å². The Hall–Kier alpha value is -3.28. The maximum atomic E-state index is 13.5. The van der Waals surface area contributed by atoms with E-state index < -0.39 is 0 Å². The van der Waals surface area contributed by atoms with Gasteiger partial charge in [0.25, 0.3) is 5.91 Å². The number of amides is 2. The number of benzene rings is 2. The third-order valence-corrected chi connectivity index (χ3v) is 7.66. The highest BCUT2D eigenvalue weighted by atomic mass is 16.2. The molecule has 1 saturated heterocycles. The maximum absolute atomic E-state index is 13.5. The van der Waals surface area contributed by atoms with Crippen LogP contribution in [0, 0.1) is 0 Å². The quantitative estimate of drug-likeness (QED) is 0.598. The van der Waals surface area contributed by atoms with Crippen molar-refractivity contribution >= 4 is 28.4 Å². The summed E-state index contributed by atoms with van der Waals surface area (Å²) in [4.78, 5) is 33.2. The van der Waals surface area contributed by atoms with Crippen LogP contribution < -0.4 is 4.90 Å². The number of rotatable bonds is 2. The number of carbonyl (C=O) groups excluding carboxylic acids is 2. The maximum Gasteiger partial charge on any atom is 0.257 e. The van der Waals surface area contributed by atoms with Crippen molar-refractivity contribution in [2.45, 2.75) is 44.8 Å². The van der Waals surface area contributed by atoms with E-state index >= 15 is 0 Å². The van der Waals surface area contributed by atoms with Crippen LogP contribution in [0.1, 0.15) is 53.5 Å². The lowest BCUT2D eigenvalue weighted by atomic mass is 9.96. The lowest BCUT2D eigenvalue weighted by Gasteiger charge is -2.46. The molecule has 3 aliphatic heterocycles. The molecule has 2 amide bonds. The molecule has 4 heterocycles. The second-order valence-corrected chi connectivity index (χ2v) is 9.51. The first-order chi connectivity index (χ1) is 16.1. The number of fused-ring (bicyclic) bond motifs is 6. The van der Waals surface area contributed by atoms with Crippen molar-refractivity contribution in [2.75, 3.05) is 31.6 Å². The van der Waals surface area contributed by atoms with Gasteiger partial charge in [-0.1, -0.05) is 43.2 Å². The van der Waals surface area contributed by atoms with Gasteiger partial charge in [0.1, 0.15) is 12.7 Å². The molecule has 0 aliphatic carbocycles. The van der Waals surface area contributed by atoms with Gasteiger partial charge in [0.05, 0.1) is 16.9 Å². The highest BCUT2D eigenvalue weighted by Gasteiger charge is 2.42. The smallest absolute Gasteiger partial charge is 0.257 e. The average Bonchev–Trinajstić information content (AvgIpc) is 3.00. The van der Waals surface area contributed by atoms with Crippen molar-refractivity contribution in [3.8, 4) is 0 Å². The third-order valence-electron chi connectivity index (χ3n) is 7.66. The van der Waals surface area contributed by atoms with Gasteiger partial charge in [-0.05, 0) is 43.0 Å². The molecule has 0 spiro atoms. The Balaban J connectivity index is 1.48. The van der Waals surface area contributed by atoms with Crippen LogP contribution in [0.4, 0.5) is 5.69 Å². The van der Waals surface area contributed by atoms with Crippen molar-refractivity contribution in [3.63, 3.8) is 0 Å². The summed E-state index contributed by atoms with van der Waals surface area (Å²) >= 11 is 0. The molecule has 6 rings (SSSR count). The van der Waals surface area contributed by atoms with E-state index in [4.69, 9.17) is 0 Å². The summed E-state index contributed by atoms with van der Waals surface area (Å²) in [6.07, 6.45) is 5.17. The summed E-state index contributed by atoms with van der Waals surface area (Å²) in [5.41, 5.74) is 5.16. The van der Waals surface area contributed by atoms with E-state index in [1.165, 1.54) is 23.8 Å². The number of aromatic nitrogens is 1. The van der Waals surface area contributed by atoms with E-state index in [2.05, 4.69) is 34.7 Å². The summed E-state index contributed by atoms with van der Waals surface area (Å²) in [6, 6.07) is 16.2. The Bertz CT molecular complexity index is 1240. The van der Waals surface area contributed by atoms with Gasteiger partial charge in [-0.15, -0.1) is 0 Å². The third kappa shape index (κ3) is 3.15. The topological polar surface area (TPSA) is 48.8 Å². The number of hydrogen-bond donors (Lipinski definition) is 0. The van der Waals surface area contributed by atoms with Crippen LogP contribution >= 0.6 is 0 Å². The van der Waals surface area contributed by atoms with E-state index in [0.717, 1.165) is 54.8 Å². The first kappa shape index (κ1) is 20.3. The second-order valence-electron chi connectivity index (χ2n) is 9.51. The monoisotopic (exact) mass is 442 g/mol. The van der Waals surface area contributed by atoms with Gasteiger partial charge >= 0.3 is 0 Å². The summed E-state index contributed by atoms with van der Waals surface area (Å²) in [7, 11) is 2.07. The summed E-state index contributed by atoms with van der Waals surface area (Å²) in [5, 5.41) is 1.20. The van der Waals surface area contributed by atoms with Gasteiger partial charge in [-0.3, -0.25) is 9.59 Å². The minimum Gasteiger partial charge on any atom is -0.349 e. The predicted octanol–water partition coefficient (Wildman–Crippen LogP) is 4.19. The van der Waals surface area contributed by atoms with E-state index in [0.29, 0.717) is 13.1 Å². The molecule has 3 aromatic rings. The van der Waals surface area contributed by atoms with Crippen molar-refractivity contribution in [1.82, 2.24) is 14.4 Å². The van der Waals surface area contributed by atoms with Gasteiger partial charge < -0.3 is 19.3 Å². The van der Waals surface area contributed by atoms with Gasteiger partial charge in [0, 0.05) is 37.6 Å². The molecule has 6 heteroatoms. The fourth-order valence-corrected chi connectivity index (χ4v) is 6.03. The molecule has 1 atom stereocenters. The molecule has 2 aromatic carbocycles. The van der Waals surface area contributed by atoms with Crippen molar-refractivity contribution in [2.24, 2.45) is 0 Å². The largest absolute Gasteiger partial charge is 0.349 e. The Kier molecular flexibility index (Phi) is 4.89. The highest BCUT2D eigenvalue weighted by Crippen LogP contribution is 2.44. The lowest BCUT2D eigenvalue weighted by molar-refractivity contribution is -0.131. The molecule has 0 radical (unpaired) electrons. The molecule has 0 N–H and O–H groups in total. The van der Waals surface area contributed by atoms with Crippen LogP contribution in [-0.4, -0.2) is 52.9 Å². The summed E-state index contributed by atoms with van der Waals surface area (Å²) in [6.45, 7) is 2.70. The minimum absolute atomic E-state index is 0.0787. The van der Waals surface area contributed by atoms with Crippen molar-refractivity contribution < 1.29 is 9.59 Å². The summed E-state index contributed by atoms with van der Waals surface area (Å²) < 4.78 is 2.20. The number of likely N-dealkylation sites (tertiary alicyclic amines) is 1. The number of carbonyl (C=O) groups is 2. The van der Waals surface area contributed by atoms with Crippen LogP contribution in [0.3, 0.4) is 0 Å². The average molecular weight is 443 g/mol. The van der Waals surface area contributed by atoms with E-state index in [-0.39, 0.29) is 18.0 Å². The van der Waals surface area contributed by atoms with Crippen LogP contribution in [0.25, 0.3) is 10.9 Å². The van der Waals surface area contributed by atoms with E-state index in [1.807, 2.05) is 40.1 Å². The van der Waals surface area contributed by atoms with Crippen LogP contribution in [-0.2, 0) is 17.8 Å². The molecule has 3 aliphatic rings. The van der Waals surface area contributed by atoms with Crippen molar-refractivity contribution in [3.05, 3.63) is 65.4 Å². The zero-order valence-corrected chi connectivity index (χ0v) is 19.2. The van der Waals surface area contributed by atoms with Gasteiger partial charge in [-0.2, -0.15) is 0 Å². The Morgan fingerprint density at radius 1 is 0.939 bits per heavy atom. The zero-order valence-electron chi connectivity index (χ0n) is 19.2. The fraction of sp³-hybridized carbons (Fsp3) is 0.407. The molecule has 0 saturated carbocycles. The Morgan fingerprint density at radius 2 is 1.67 bits per heavy atom. The van der Waals surface area contributed by atoms with Crippen LogP contribution in [0.15, 0.2) is 48.5 Å². The number of nitrogens with zero attached hydrogens (tertiary/aromatic N) is 4. The molecule has 6 nitrogen and oxygen atoms in total. The number of hydrogen-bond acceptors (Lipinski definition) is 3. The SMILES string of the molecule is CN1c2ccccc2C(=O)N2CCc3c(n(CC(=O)N4CCCCCC4)c4ccccc34)[C@@H]21. The second kappa shape index (κ2) is 7.94. The first-order valence-electron chi connectivity index (χ1n) is 12.2. The summed E-state index contributed by atoms with van der Waals surface area (Å²) in [5.74, 6) is 0.262. The molecule has 0 unspecified atom stereocenters. The van der Waals surface area contributed by atoms with Gasteiger partial charge in [-0.25, -0.2) is 0 Å². The minimum atomic E-state index is -0.208. The molecule has 170 valence electrons. The highest BCUT2D eigenvalue weighted by molar-refractivity contribution is 6.02. The number of para-hydroxylation sites is 2. The van der Waals surface area contributed by atoms with Gasteiger partial charge in [0.2, 0.25) is 5.91 Å². The van der Waals surface area contributed by atoms with Crippen molar-refractivity contribution in [1.29, 1.82) is 0 Å². The molecular formula is C27H30N4O2. The van der Waals surface area contributed by atoms with Crippen LogP contribution in [0.2, 0.25) is 0 Å². The number of anilines is 1. The Labute approximate surface area is 194 Å². The zero-order chi connectivity index (χ0) is 22.5. The van der Waals surface area contributed by atoms with E-state index in [1.54, 1.807) is 0 Å². The fourth-order valence-electron chi connectivity index (χ4n) is 6.03. The standard InChI is InChI=1S/C27H30N4O2/c1-28-22-12-6-5-11-21(22)27(33)30-17-14-20-19-10-4-7-13-23(19)31(25(20)26(28)30)18-24(32)29-15-8-2-3-9-16-29/h4-7,10-13,26H,2-3,8-9,14-18H2,1H3/t26-/m1/s1. The normalized spacial score (nSPS) is 20.3. The molecule has 33 heavy (non-hydrogen) atoms.